The first-order chi connectivity index (χ1) is 23.4. The third-order valence-electron chi connectivity index (χ3n) is 7.22. The lowest BCUT2D eigenvalue weighted by Gasteiger charge is -2.10. The molecule has 0 heterocycles. The third kappa shape index (κ3) is 10.1. The molecule has 0 unspecified atom stereocenters. The molecule has 0 N–H and O–H groups in total. The Morgan fingerprint density at radius 3 is 1.38 bits per heavy atom. The standard InChI is InChI=1S/C40H38O8/c1-29(27-47-37-18-16-31-10-3-5-12-33(31)24-37)39(41)45-22-8-20-43-35-14-7-15-36(26-35)44-21-9-23-46-40(42)30(2)28-48-38-19-17-32-11-4-6-13-34(32)25-38/h3-7,10-19,24-28H,8-9,20-23H2,1-2H3. The highest BCUT2D eigenvalue weighted by molar-refractivity contribution is 5.88. The van der Waals surface area contributed by atoms with E-state index in [0.29, 0.717) is 60.2 Å². The van der Waals surface area contributed by atoms with E-state index in [1.54, 1.807) is 19.9 Å². The van der Waals surface area contributed by atoms with Crippen molar-refractivity contribution in [3.8, 4) is 23.0 Å². The van der Waals surface area contributed by atoms with Crippen molar-refractivity contribution >= 4 is 33.5 Å². The number of rotatable bonds is 16. The molecule has 0 atom stereocenters. The molecule has 0 aromatic heterocycles. The zero-order chi connectivity index (χ0) is 33.6. The minimum atomic E-state index is -0.447. The van der Waals surface area contributed by atoms with Crippen LogP contribution in [0.1, 0.15) is 26.7 Å². The Bertz CT molecular complexity index is 1770. The summed E-state index contributed by atoms with van der Waals surface area (Å²) in [6.07, 6.45) is 3.84. The van der Waals surface area contributed by atoms with Crippen molar-refractivity contribution in [3.63, 3.8) is 0 Å². The quantitative estimate of drug-likeness (QED) is 0.0456. The van der Waals surface area contributed by atoms with Crippen LogP contribution in [0.25, 0.3) is 21.5 Å². The molecule has 8 nitrogen and oxygen atoms in total. The van der Waals surface area contributed by atoms with Crippen LogP contribution < -0.4 is 18.9 Å². The molecular weight excluding hydrogens is 608 g/mol. The van der Waals surface area contributed by atoms with E-state index >= 15 is 0 Å². The molecule has 48 heavy (non-hydrogen) atoms. The first kappa shape index (κ1) is 33.6. The van der Waals surface area contributed by atoms with Gasteiger partial charge in [0.15, 0.2) is 0 Å². The number of benzene rings is 5. The molecule has 246 valence electrons. The summed E-state index contributed by atoms with van der Waals surface area (Å²) < 4.78 is 33.6. The van der Waals surface area contributed by atoms with Gasteiger partial charge in [0.2, 0.25) is 0 Å². The van der Waals surface area contributed by atoms with Gasteiger partial charge in [-0.05, 0) is 71.8 Å². The lowest BCUT2D eigenvalue weighted by Crippen LogP contribution is -2.11. The number of carbonyl (C=O) groups excluding carboxylic acids is 2. The normalized spacial score (nSPS) is 11.6. The maximum atomic E-state index is 12.3. The first-order valence-corrected chi connectivity index (χ1v) is 15.8. The van der Waals surface area contributed by atoms with Gasteiger partial charge >= 0.3 is 11.9 Å². The van der Waals surface area contributed by atoms with Crippen molar-refractivity contribution in [2.75, 3.05) is 26.4 Å². The van der Waals surface area contributed by atoms with E-state index in [4.69, 9.17) is 28.4 Å². The fraction of sp³-hybridized carbons (Fsp3) is 0.200. The Morgan fingerprint density at radius 2 is 0.917 bits per heavy atom. The van der Waals surface area contributed by atoms with Crippen molar-refractivity contribution < 1.29 is 38.0 Å². The van der Waals surface area contributed by atoms with Gasteiger partial charge in [-0.1, -0.05) is 66.7 Å². The van der Waals surface area contributed by atoms with Crippen LogP contribution in [0.5, 0.6) is 23.0 Å². The molecule has 0 fully saturated rings. The zero-order valence-electron chi connectivity index (χ0n) is 27.1. The van der Waals surface area contributed by atoms with Crippen molar-refractivity contribution in [1.29, 1.82) is 0 Å². The monoisotopic (exact) mass is 646 g/mol. The van der Waals surface area contributed by atoms with Crippen molar-refractivity contribution in [2.24, 2.45) is 0 Å². The molecule has 0 aliphatic rings. The van der Waals surface area contributed by atoms with Gasteiger partial charge in [-0.25, -0.2) is 9.59 Å². The van der Waals surface area contributed by atoms with Gasteiger partial charge in [0, 0.05) is 18.9 Å². The predicted octanol–water partition coefficient (Wildman–Crippen LogP) is 8.58. The first-order valence-electron chi connectivity index (χ1n) is 15.8. The lowest BCUT2D eigenvalue weighted by molar-refractivity contribution is -0.140. The largest absolute Gasteiger partial charge is 0.493 e. The van der Waals surface area contributed by atoms with Gasteiger partial charge in [-0.2, -0.15) is 0 Å². The number of hydrogen-bond acceptors (Lipinski definition) is 8. The van der Waals surface area contributed by atoms with E-state index in [9.17, 15) is 9.59 Å². The van der Waals surface area contributed by atoms with Crippen LogP contribution in [0, 0.1) is 0 Å². The molecule has 0 saturated carbocycles. The van der Waals surface area contributed by atoms with Gasteiger partial charge in [0.05, 0.1) is 37.6 Å². The average molecular weight is 647 g/mol. The minimum absolute atomic E-state index is 0.207. The second-order valence-electron chi connectivity index (χ2n) is 11.0. The highest BCUT2D eigenvalue weighted by atomic mass is 16.5. The molecule has 0 aliphatic carbocycles. The van der Waals surface area contributed by atoms with Crippen LogP contribution in [0.4, 0.5) is 0 Å². The van der Waals surface area contributed by atoms with Crippen LogP contribution >= 0.6 is 0 Å². The van der Waals surface area contributed by atoms with E-state index in [1.807, 2.05) is 103 Å². The van der Waals surface area contributed by atoms with Crippen LogP contribution in [-0.4, -0.2) is 38.4 Å². The van der Waals surface area contributed by atoms with Crippen LogP contribution in [0.3, 0.4) is 0 Å². The van der Waals surface area contributed by atoms with Gasteiger partial charge in [-0.15, -0.1) is 0 Å². The summed E-state index contributed by atoms with van der Waals surface area (Å²) in [5.74, 6) is 1.67. The number of carbonyl (C=O) groups is 2. The molecule has 0 bridgehead atoms. The van der Waals surface area contributed by atoms with Gasteiger partial charge in [0.25, 0.3) is 0 Å². The van der Waals surface area contributed by atoms with E-state index in [1.165, 1.54) is 12.5 Å². The summed E-state index contributed by atoms with van der Waals surface area (Å²) in [5.41, 5.74) is 0.725. The maximum Gasteiger partial charge on any atom is 0.336 e. The molecular formula is C40H38O8. The molecule has 0 aliphatic heterocycles. The second kappa shape index (κ2) is 17.2. The highest BCUT2D eigenvalue weighted by Gasteiger charge is 2.09. The number of fused-ring (bicyclic) bond motifs is 2. The summed E-state index contributed by atoms with van der Waals surface area (Å²) in [7, 11) is 0. The summed E-state index contributed by atoms with van der Waals surface area (Å²) >= 11 is 0. The van der Waals surface area contributed by atoms with Gasteiger partial charge in [-0.3, -0.25) is 0 Å². The van der Waals surface area contributed by atoms with Crippen molar-refractivity contribution in [1.82, 2.24) is 0 Å². The SMILES string of the molecule is CC(=COc1ccc2ccccc2c1)C(=O)OCCCOc1cccc(OCCCOC(=O)C(C)=COc2ccc3ccccc3c2)c1. The van der Waals surface area contributed by atoms with E-state index in [0.717, 1.165) is 21.5 Å². The molecule has 5 rings (SSSR count). The predicted molar refractivity (Wildman–Crippen MR) is 185 cm³/mol. The Labute approximate surface area is 280 Å². The average Bonchev–Trinajstić information content (AvgIpc) is 3.12. The van der Waals surface area contributed by atoms with E-state index in [2.05, 4.69) is 0 Å². The zero-order valence-corrected chi connectivity index (χ0v) is 27.1. The topological polar surface area (TPSA) is 89.5 Å². The summed E-state index contributed by atoms with van der Waals surface area (Å²) in [4.78, 5) is 24.7. The molecule has 5 aromatic carbocycles. The Balaban J connectivity index is 0.939. The number of hydrogen-bond donors (Lipinski definition) is 0. The number of ether oxygens (including phenoxy) is 6. The summed E-state index contributed by atoms with van der Waals surface area (Å²) in [5, 5.41) is 4.35. The second-order valence-corrected chi connectivity index (χ2v) is 11.0. The fourth-order valence-electron chi connectivity index (χ4n) is 4.60. The Hall–Kier alpha value is -5.76. The summed E-state index contributed by atoms with van der Waals surface area (Å²) in [6, 6.07) is 34.7. The molecule has 0 amide bonds. The molecule has 0 radical (unpaired) electrons. The van der Waals surface area contributed by atoms with Crippen LogP contribution in [0.2, 0.25) is 0 Å². The fourth-order valence-corrected chi connectivity index (χ4v) is 4.60. The Morgan fingerprint density at radius 1 is 0.479 bits per heavy atom. The van der Waals surface area contributed by atoms with Crippen molar-refractivity contribution in [2.45, 2.75) is 26.7 Å². The number of esters is 2. The molecule has 5 aromatic rings. The van der Waals surface area contributed by atoms with E-state index in [-0.39, 0.29) is 13.2 Å². The Kier molecular flexibility index (Phi) is 12.1. The van der Waals surface area contributed by atoms with E-state index < -0.39 is 11.9 Å². The van der Waals surface area contributed by atoms with Crippen LogP contribution in [0.15, 0.2) is 133 Å². The highest BCUT2D eigenvalue weighted by Crippen LogP contribution is 2.23. The molecule has 8 heteroatoms. The lowest BCUT2D eigenvalue weighted by atomic mass is 10.1. The smallest absolute Gasteiger partial charge is 0.336 e. The van der Waals surface area contributed by atoms with Gasteiger partial charge in [0.1, 0.15) is 35.5 Å². The summed E-state index contributed by atoms with van der Waals surface area (Å²) in [6.45, 7) is 4.44. The van der Waals surface area contributed by atoms with Crippen molar-refractivity contribution in [3.05, 3.63) is 133 Å². The third-order valence-corrected chi connectivity index (χ3v) is 7.22. The van der Waals surface area contributed by atoms with Gasteiger partial charge < -0.3 is 28.4 Å². The molecule has 0 saturated heterocycles. The molecule has 0 spiro atoms. The minimum Gasteiger partial charge on any atom is -0.493 e. The van der Waals surface area contributed by atoms with Crippen LogP contribution in [-0.2, 0) is 19.1 Å². The maximum absolute atomic E-state index is 12.3.